The zero-order valence-electron chi connectivity index (χ0n) is 15.7. The van der Waals surface area contributed by atoms with Gasteiger partial charge in [0.2, 0.25) is 0 Å². The van der Waals surface area contributed by atoms with Gasteiger partial charge in [0.05, 0.1) is 19.7 Å². The Bertz CT molecular complexity index is 721. The highest BCUT2D eigenvalue weighted by Crippen LogP contribution is 2.17. The molecule has 26 heavy (non-hydrogen) atoms. The van der Waals surface area contributed by atoms with Gasteiger partial charge in [-0.05, 0) is 6.42 Å². The number of likely N-dealkylation sites (tertiary alicyclic amines) is 1. The van der Waals surface area contributed by atoms with Crippen molar-refractivity contribution in [1.82, 2.24) is 9.55 Å². The molecular formula is C17H30N5O4+. The monoisotopic (exact) mass is 368 g/mol. The molecule has 0 radical (unpaired) electrons. The number of aromatic nitrogens is 2. The fraction of sp³-hybridized carbons (Fsp3) is 0.706. The topological polar surface area (TPSA) is 115 Å². The zero-order valence-corrected chi connectivity index (χ0v) is 15.7. The van der Waals surface area contributed by atoms with Crippen molar-refractivity contribution in [3.63, 3.8) is 0 Å². The minimum absolute atomic E-state index is 0.0353. The lowest BCUT2D eigenvalue weighted by atomic mass is 10.3. The van der Waals surface area contributed by atoms with Gasteiger partial charge < -0.3 is 15.4 Å². The number of carbonyl (C=O) groups is 1. The minimum atomic E-state index is -0.638. The van der Waals surface area contributed by atoms with E-state index < -0.39 is 11.2 Å². The number of aromatic amines is 1. The lowest BCUT2D eigenvalue weighted by Gasteiger charge is -2.25. The maximum atomic E-state index is 12.9. The highest BCUT2D eigenvalue weighted by Gasteiger charge is 2.28. The molecule has 0 spiro atoms. The van der Waals surface area contributed by atoms with Crippen LogP contribution in [0.25, 0.3) is 0 Å². The van der Waals surface area contributed by atoms with Gasteiger partial charge in [-0.25, -0.2) is 4.79 Å². The van der Waals surface area contributed by atoms with E-state index in [-0.39, 0.29) is 30.6 Å². The molecule has 9 heteroatoms. The molecule has 1 aliphatic rings. The predicted molar refractivity (Wildman–Crippen MR) is 99.7 cm³/mol. The normalized spacial score (nSPS) is 14.7. The Hall–Kier alpha value is -2.13. The van der Waals surface area contributed by atoms with Gasteiger partial charge >= 0.3 is 5.69 Å². The Morgan fingerprint density at radius 1 is 1.35 bits per heavy atom. The number of nitrogens with zero attached hydrogens (tertiary/aromatic N) is 2. The van der Waals surface area contributed by atoms with Crippen LogP contribution in [0.4, 0.5) is 11.5 Å². The average molecular weight is 368 g/mol. The van der Waals surface area contributed by atoms with Crippen molar-refractivity contribution < 1.29 is 14.4 Å². The first-order valence-electron chi connectivity index (χ1n) is 9.25. The Morgan fingerprint density at radius 3 is 2.65 bits per heavy atom. The Balaban J connectivity index is 2.37. The first-order valence-corrected chi connectivity index (χ1v) is 9.25. The fourth-order valence-corrected chi connectivity index (χ4v) is 3.28. The van der Waals surface area contributed by atoms with E-state index >= 15 is 0 Å². The quantitative estimate of drug-likeness (QED) is 0.495. The molecule has 0 atom stereocenters. The number of ether oxygens (including phenoxy) is 1. The molecule has 0 saturated carbocycles. The molecule has 2 rings (SSSR count). The second-order valence-electron chi connectivity index (χ2n) is 6.67. The first kappa shape index (κ1) is 20.2. The van der Waals surface area contributed by atoms with Crippen molar-refractivity contribution in [3.05, 3.63) is 20.8 Å². The van der Waals surface area contributed by atoms with E-state index in [4.69, 9.17) is 10.5 Å². The summed E-state index contributed by atoms with van der Waals surface area (Å²) in [6.45, 7) is 5.08. The van der Waals surface area contributed by atoms with Crippen LogP contribution < -0.4 is 26.8 Å². The van der Waals surface area contributed by atoms with Gasteiger partial charge in [0.15, 0.2) is 12.2 Å². The van der Waals surface area contributed by atoms with Crippen LogP contribution in [0, 0.1) is 0 Å². The summed E-state index contributed by atoms with van der Waals surface area (Å²) in [6.07, 6.45) is 3.83. The summed E-state index contributed by atoms with van der Waals surface area (Å²) < 4.78 is 6.42. The summed E-state index contributed by atoms with van der Waals surface area (Å²) in [4.78, 5) is 42.3. The standard InChI is InChI=1S/C17H29N5O4/c1-3-4-9-22-15(18)14(16(24)19-17(22)25)21(10-11-26-2)13(23)12-20-7-5-6-8-20/h3-12,18H2,1-2H3,(H,19,24,25)/p+1. The van der Waals surface area contributed by atoms with Crippen LogP contribution in [0.1, 0.15) is 32.6 Å². The molecular weight excluding hydrogens is 338 g/mol. The Morgan fingerprint density at radius 2 is 2.04 bits per heavy atom. The molecule has 0 unspecified atom stereocenters. The van der Waals surface area contributed by atoms with E-state index in [1.807, 2.05) is 6.92 Å². The maximum Gasteiger partial charge on any atom is 0.330 e. The molecule has 0 bridgehead atoms. The van der Waals surface area contributed by atoms with Gasteiger partial charge in [-0.3, -0.25) is 24.0 Å². The number of nitrogen functional groups attached to an aromatic ring is 1. The number of nitrogens with two attached hydrogens (primary N) is 1. The van der Waals surface area contributed by atoms with Crippen molar-refractivity contribution in [2.24, 2.45) is 0 Å². The van der Waals surface area contributed by atoms with E-state index in [0.29, 0.717) is 13.1 Å². The smallest absolute Gasteiger partial charge is 0.330 e. The molecule has 2 heterocycles. The molecule has 146 valence electrons. The largest absolute Gasteiger partial charge is 0.383 e. The van der Waals surface area contributed by atoms with Crippen LogP contribution in [0.2, 0.25) is 0 Å². The number of unbranched alkanes of at least 4 members (excludes halogenated alkanes) is 1. The van der Waals surface area contributed by atoms with Crippen LogP contribution in [-0.4, -0.2) is 55.4 Å². The number of hydrogen-bond acceptors (Lipinski definition) is 5. The van der Waals surface area contributed by atoms with Gasteiger partial charge in [-0.15, -0.1) is 0 Å². The van der Waals surface area contributed by atoms with E-state index in [9.17, 15) is 14.4 Å². The number of carbonyl (C=O) groups excluding carboxylic acids is 1. The van der Waals surface area contributed by atoms with Gasteiger partial charge in [0, 0.05) is 33.0 Å². The van der Waals surface area contributed by atoms with Crippen LogP contribution in [0.5, 0.6) is 0 Å². The molecule has 1 aliphatic heterocycles. The molecule has 4 N–H and O–H groups in total. The number of nitrogens with one attached hydrogen (secondary N) is 2. The third kappa shape index (κ3) is 4.73. The number of rotatable bonds is 9. The predicted octanol–water partition coefficient (Wildman–Crippen LogP) is -1.42. The molecule has 1 amide bonds. The van der Waals surface area contributed by atoms with Crippen molar-refractivity contribution in [2.45, 2.75) is 39.2 Å². The molecule has 0 aliphatic carbocycles. The highest BCUT2D eigenvalue weighted by molar-refractivity contribution is 5.96. The fourth-order valence-electron chi connectivity index (χ4n) is 3.28. The average Bonchev–Trinajstić information content (AvgIpc) is 3.10. The van der Waals surface area contributed by atoms with Gasteiger partial charge in [0.1, 0.15) is 5.82 Å². The number of methoxy groups -OCH3 is 1. The summed E-state index contributed by atoms with van der Waals surface area (Å²) in [5.41, 5.74) is 5.00. The van der Waals surface area contributed by atoms with Crippen LogP contribution in [-0.2, 0) is 16.1 Å². The summed E-state index contributed by atoms with van der Waals surface area (Å²) in [5.74, 6) is -0.148. The van der Waals surface area contributed by atoms with Crippen molar-refractivity contribution >= 4 is 17.4 Å². The Kier molecular flexibility index (Phi) is 7.40. The lowest BCUT2D eigenvalue weighted by Crippen LogP contribution is -3.11. The molecule has 1 fully saturated rings. The van der Waals surface area contributed by atoms with Crippen LogP contribution >= 0.6 is 0 Å². The van der Waals surface area contributed by atoms with E-state index in [1.165, 1.54) is 21.5 Å². The number of quaternary nitrogens is 1. The zero-order chi connectivity index (χ0) is 19.1. The lowest BCUT2D eigenvalue weighted by molar-refractivity contribution is -0.878. The summed E-state index contributed by atoms with van der Waals surface area (Å²) >= 11 is 0. The number of anilines is 2. The first-order chi connectivity index (χ1) is 12.5. The van der Waals surface area contributed by atoms with Crippen molar-refractivity contribution in [1.29, 1.82) is 0 Å². The maximum absolute atomic E-state index is 12.9. The minimum Gasteiger partial charge on any atom is -0.383 e. The molecule has 1 saturated heterocycles. The third-order valence-electron chi connectivity index (χ3n) is 4.75. The van der Waals surface area contributed by atoms with E-state index in [0.717, 1.165) is 38.8 Å². The molecule has 1 aromatic rings. The van der Waals surface area contributed by atoms with Crippen molar-refractivity contribution in [3.8, 4) is 0 Å². The highest BCUT2D eigenvalue weighted by atomic mass is 16.5. The summed E-state index contributed by atoms with van der Waals surface area (Å²) in [5, 5.41) is 0. The van der Waals surface area contributed by atoms with Gasteiger partial charge in [0.25, 0.3) is 11.5 Å². The Labute approximate surface area is 152 Å². The van der Waals surface area contributed by atoms with E-state index in [1.54, 1.807) is 0 Å². The molecule has 1 aromatic heterocycles. The number of H-pyrrole nitrogens is 1. The third-order valence-corrected chi connectivity index (χ3v) is 4.75. The number of amides is 1. The molecule has 0 aromatic carbocycles. The second-order valence-corrected chi connectivity index (χ2v) is 6.67. The summed E-state index contributed by atoms with van der Waals surface area (Å²) in [7, 11) is 1.53. The summed E-state index contributed by atoms with van der Waals surface area (Å²) in [6, 6.07) is 0. The van der Waals surface area contributed by atoms with Gasteiger partial charge in [-0.2, -0.15) is 0 Å². The van der Waals surface area contributed by atoms with E-state index in [2.05, 4.69) is 4.98 Å². The van der Waals surface area contributed by atoms with Crippen LogP contribution in [0.15, 0.2) is 9.59 Å². The van der Waals surface area contributed by atoms with Gasteiger partial charge in [-0.1, -0.05) is 13.3 Å². The van der Waals surface area contributed by atoms with Crippen molar-refractivity contribution in [2.75, 3.05) is 50.5 Å². The number of hydrogen-bond donors (Lipinski definition) is 3. The second kappa shape index (κ2) is 9.54. The van der Waals surface area contributed by atoms with Crippen LogP contribution in [0.3, 0.4) is 0 Å². The molecule has 9 nitrogen and oxygen atoms in total. The SMILES string of the molecule is CCCCn1c(N)c(N(CCOC)C(=O)C[NH+]2CCCC2)c(=O)[nH]c1=O.